The number of thiophene rings is 1. The number of rotatable bonds is 8. The van der Waals surface area contributed by atoms with Crippen molar-refractivity contribution in [3.8, 4) is 11.8 Å². The second-order valence-corrected chi connectivity index (χ2v) is 11.0. The normalized spacial score (nSPS) is 15.4. The van der Waals surface area contributed by atoms with E-state index in [2.05, 4.69) is 6.07 Å². The maximum absolute atomic E-state index is 14.4. The van der Waals surface area contributed by atoms with Crippen LogP contribution in [0.1, 0.15) is 68.1 Å². The molecule has 0 spiro atoms. The molecule has 202 valence electrons. The average molecular weight is 544 g/mol. The minimum absolute atomic E-state index is 0.100. The number of benzene rings is 1. The van der Waals surface area contributed by atoms with Crippen LogP contribution in [0.4, 0.5) is 4.39 Å². The van der Waals surface area contributed by atoms with Gasteiger partial charge < -0.3 is 14.6 Å². The van der Waals surface area contributed by atoms with Gasteiger partial charge in [-0.25, -0.2) is 18.5 Å². The number of fused-ring (bicyclic) bond motifs is 1. The zero-order valence-corrected chi connectivity index (χ0v) is 22.6. The molecule has 1 fully saturated rings. The number of carboxylic acids is 1. The molecule has 0 radical (unpaired) electrons. The van der Waals surface area contributed by atoms with Gasteiger partial charge in [0, 0.05) is 5.56 Å². The summed E-state index contributed by atoms with van der Waals surface area (Å²) in [6.07, 6.45) is 3.69. The second kappa shape index (κ2) is 10.7. The Labute approximate surface area is 222 Å². The van der Waals surface area contributed by atoms with E-state index >= 15 is 0 Å². The first-order chi connectivity index (χ1) is 18.0. The van der Waals surface area contributed by atoms with Crippen molar-refractivity contribution in [1.82, 2.24) is 9.13 Å². The van der Waals surface area contributed by atoms with Gasteiger partial charge in [-0.3, -0.25) is 9.36 Å². The maximum Gasteiger partial charge on any atom is 0.333 e. The van der Waals surface area contributed by atoms with Crippen LogP contribution in [0.2, 0.25) is 0 Å². The van der Waals surface area contributed by atoms with Gasteiger partial charge in [-0.2, -0.15) is 5.26 Å². The predicted molar refractivity (Wildman–Crippen MR) is 140 cm³/mol. The fraction of sp³-hybridized carbons (Fsp3) is 0.481. The molecular formula is C27H30FN3O6S. The number of aliphatic carboxylic acids is 1. The third kappa shape index (κ3) is 4.86. The molecule has 0 amide bonds. The molecule has 3 aromatic rings. The van der Waals surface area contributed by atoms with Crippen molar-refractivity contribution < 1.29 is 23.8 Å². The van der Waals surface area contributed by atoms with Crippen LogP contribution in [0.3, 0.4) is 0 Å². The molecule has 1 aliphatic carbocycles. The summed E-state index contributed by atoms with van der Waals surface area (Å²) in [5, 5.41) is 19.6. The molecule has 1 atom stereocenters. The van der Waals surface area contributed by atoms with Crippen LogP contribution in [-0.4, -0.2) is 33.4 Å². The SMILES string of the molecule is COc1ccc(F)cc1[C@@H](Cn1c(=O)n(C(C)(C)C(=O)O)c(=O)c2c(C)c(C#N)sc21)OC1CCCCC1. The van der Waals surface area contributed by atoms with Gasteiger partial charge in [-0.1, -0.05) is 19.3 Å². The summed E-state index contributed by atoms with van der Waals surface area (Å²) >= 11 is 0.983. The molecule has 11 heteroatoms. The van der Waals surface area contributed by atoms with E-state index in [0.29, 0.717) is 21.4 Å². The van der Waals surface area contributed by atoms with Crippen molar-refractivity contribution in [2.45, 2.75) is 77.2 Å². The van der Waals surface area contributed by atoms with E-state index in [-0.39, 0.29) is 27.7 Å². The quantitative estimate of drug-likeness (QED) is 0.445. The van der Waals surface area contributed by atoms with Crippen LogP contribution in [0.15, 0.2) is 27.8 Å². The molecule has 1 aliphatic rings. The molecule has 0 aliphatic heterocycles. The summed E-state index contributed by atoms with van der Waals surface area (Å²) in [7, 11) is 1.45. The molecule has 2 aromatic heterocycles. The van der Waals surface area contributed by atoms with Crippen molar-refractivity contribution in [3.05, 3.63) is 60.9 Å². The summed E-state index contributed by atoms with van der Waals surface area (Å²) in [5.74, 6) is -1.50. The Morgan fingerprint density at radius 2 is 1.97 bits per heavy atom. The third-order valence-corrected chi connectivity index (χ3v) is 8.41. The van der Waals surface area contributed by atoms with Gasteiger partial charge in [-0.05, 0) is 57.4 Å². The van der Waals surface area contributed by atoms with E-state index in [9.17, 15) is 29.1 Å². The van der Waals surface area contributed by atoms with Gasteiger partial charge >= 0.3 is 11.7 Å². The highest BCUT2D eigenvalue weighted by Gasteiger charge is 2.36. The lowest BCUT2D eigenvalue weighted by atomic mass is 9.97. The van der Waals surface area contributed by atoms with Crippen LogP contribution in [0, 0.1) is 24.1 Å². The number of nitrogens with zero attached hydrogens (tertiary/aromatic N) is 3. The summed E-state index contributed by atoms with van der Waals surface area (Å²) in [6, 6.07) is 6.10. The molecule has 38 heavy (non-hydrogen) atoms. The number of hydrogen-bond acceptors (Lipinski definition) is 7. The lowest BCUT2D eigenvalue weighted by Crippen LogP contribution is -2.52. The van der Waals surface area contributed by atoms with Crippen LogP contribution in [0.25, 0.3) is 10.2 Å². The lowest BCUT2D eigenvalue weighted by molar-refractivity contribution is -0.146. The number of nitriles is 1. The number of aromatic nitrogens is 2. The first-order valence-electron chi connectivity index (χ1n) is 12.4. The maximum atomic E-state index is 14.4. The minimum Gasteiger partial charge on any atom is -0.496 e. The lowest BCUT2D eigenvalue weighted by Gasteiger charge is -2.30. The molecule has 0 unspecified atom stereocenters. The minimum atomic E-state index is -1.87. The van der Waals surface area contributed by atoms with Gasteiger partial charge in [0.25, 0.3) is 5.56 Å². The molecule has 1 N–H and O–H groups in total. The zero-order chi connectivity index (χ0) is 27.8. The fourth-order valence-corrected chi connectivity index (χ4v) is 6.07. The highest BCUT2D eigenvalue weighted by atomic mass is 32.1. The number of carboxylic acid groups (broad SMARTS) is 1. The van der Waals surface area contributed by atoms with E-state index in [1.165, 1.54) is 43.7 Å². The highest BCUT2D eigenvalue weighted by Crippen LogP contribution is 2.35. The summed E-state index contributed by atoms with van der Waals surface area (Å²) in [6.45, 7) is 3.99. The van der Waals surface area contributed by atoms with Crippen molar-refractivity contribution in [2.75, 3.05) is 7.11 Å². The van der Waals surface area contributed by atoms with Crippen molar-refractivity contribution in [2.24, 2.45) is 0 Å². The van der Waals surface area contributed by atoms with Crippen molar-refractivity contribution in [3.63, 3.8) is 0 Å². The Balaban J connectivity index is 1.99. The van der Waals surface area contributed by atoms with Crippen LogP contribution >= 0.6 is 11.3 Å². The number of halogens is 1. The molecule has 9 nitrogen and oxygen atoms in total. The van der Waals surface area contributed by atoms with Crippen LogP contribution in [0.5, 0.6) is 5.75 Å². The van der Waals surface area contributed by atoms with E-state index in [1.807, 2.05) is 0 Å². The first-order valence-corrected chi connectivity index (χ1v) is 13.2. The van der Waals surface area contributed by atoms with Crippen LogP contribution in [-0.2, 0) is 21.6 Å². The number of carbonyl (C=O) groups is 1. The van der Waals surface area contributed by atoms with E-state index in [1.54, 1.807) is 6.92 Å². The third-order valence-electron chi connectivity index (χ3n) is 7.19. The number of aryl methyl sites for hydroxylation is 1. The van der Waals surface area contributed by atoms with Gasteiger partial charge in [-0.15, -0.1) is 11.3 Å². The van der Waals surface area contributed by atoms with Gasteiger partial charge in [0.2, 0.25) is 0 Å². The molecule has 1 saturated carbocycles. The Morgan fingerprint density at radius 1 is 1.29 bits per heavy atom. The van der Waals surface area contributed by atoms with E-state index in [4.69, 9.17) is 9.47 Å². The van der Waals surface area contributed by atoms with Gasteiger partial charge in [0.1, 0.15) is 39.0 Å². The Kier molecular flexibility index (Phi) is 7.76. The topological polar surface area (TPSA) is 124 Å². The number of hydrogen-bond donors (Lipinski definition) is 1. The first kappa shape index (κ1) is 27.5. The molecule has 4 rings (SSSR count). The molecule has 2 heterocycles. The van der Waals surface area contributed by atoms with Gasteiger partial charge in [0.15, 0.2) is 0 Å². The summed E-state index contributed by atoms with van der Waals surface area (Å²) in [4.78, 5) is 40.0. The summed E-state index contributed by atoms with van der Waals surface area (Å²) in [5.41, 5.74) is -2.75. The smallest absolute Gasteiger partial charge is 0.333 e. The monoisotopic (exact) mass is 543 g/mol. The van der Waals surface area contributed by atoms with Crippen molar-refractivity contribution >= 4 is 27.5 Å². The molecular weight excluding hydrogens is 513 g/mol. The largest absolute Gasteiger partial charge is 0.496 e. The fourth-order valence-electron chi connectivity index (χ4n) is 4.97. The number of methoxy groups -OCH3 is 1. The Bertz CT molecular complexity index is 1540. The average Bonchev–Trinajstić information content (AvgIpc) is 3.22. The van der Waals surface area contributed by atoms with Gasteiger partial charge in [0.05, 0.1) is 25.1 Å². The van der Waals surface area contributed by atoms with E-state index < -0.39 is 34.7 Å². The second-order valence-electron chi connectivity index (χ2n) is 10.0. The van der Waals surface area contributed by atoms with Crippen molar-refractivity contribution in [1.29, 1.82) is 5.26 Å². The number of ether oxygens (including phenoxy) is 2. The predicted octanol–water partition coefficient (Wildman–Crippen LogP) is 4.46. The van der Waals surface area contributed by atoms with E-state index in [0.717, 1.165) is 43.4 Å². The molecule has 1 aromatic carbocycles. The van der Waals surface area contributed by atoms with Crippen LogP contribution < -0.4 is 16.0 Å². The highest BCUT2D eigenvalue weighted by molar-refractivity contribution is 7.19. The standard InChI is InChI=1S/C27H30FN3O6S/c1-15-21(13-29)38-24-22(15)23(32)31(27(2,3)25(33)34)26(35)30(24)14-20(37-17-8-6-5-7-9-17)18-12-16(28)10-11-19(18)36-4/h10-12,17,20H,5-9,14H2,1-4H3,(H,33,34)/t20-/m1/s1. The Morgan fingerprint density at radius 3 is 2.58 bits per heavy atom. The molecule has 0 saturated heterocycles. The zero-order valence-electron chi connectivity index (χ0n) is 21.7. The summed E-state index contributed by atoms with van der Waals surface area (Å²) < 4.78 is 28.4. The molecule has 0 bridgehead atoms. The Hall–Kier alpha value is -3.49.